The first-order valence-electron chi connectivity index (χ1n) is 10.3. The van der Waals surface area contributed by atoms with E-state index in [0.29, 0.717) is 0 Å². The van der Waals surface area contributed by atoms with E-state index < -0.39 is 5.41 Å². The van der Waals surface area contributed by atoms with E-state index in [2.05, 4.69) is 17.4 Å². The number of carbonyl (C=O) groups is 3. The third-order valence-electron chi connectivity index (χ3n) is 6.25. The predicted molar refractivity (Wildman–Crippen MR) is 111 cm³/mol. The van der Waals surface area contributed by atoms with Crippen molar-refractivity contribution in [1.29, 1.82) is 0 Å². The van der Waals surface area contributed by atoms with E-state index in [1.165, 1.54) is 0 Å². The molecule has 0 unspecified atom stereocenters. The predicted octanol–water partition coefficient (Wildman–Crippen LogP) is 3.85. The summed E-state index contributed by atoms with van der Waals surface area (Å²) in [5, 5.41) is 2.92. The van der Waals surface area contributed by atoms with Gasteiger partial charge in [-0.3, -0.25) is 19.3 Å². The Kier molecular flexibility index (Phi) is 5.22. The molecular formula is C24H26N2O3. The molecule has 3 amide bonds. The van der Waals surface area contributed by atoms with Crippen LogP contribution in [0.5, 0.6) is 0 Å². The normalized spacial score (nSPS) is 19.0. The fourth-order valence-corrected chi connectivity index (χ4v) is 4.57. The van der Waals surface area contributed by atoms with Crippen LogP contribution >= 0.6 is 0 Å². The number of nitrogens with one attached hydrogen (secondary N) is 1. The van der Waals surface area contributed by atoms with Crippen molar-refractivity contribution in [1.82, 2.24) is 10.2 Å². The summed E-state index contributed by atoms with van der Waals surface area (Å²) in [6, 6.07) is 17.9. The van der Waals surface area contributed by atoms with Gasteiger partial charge in [-0.15, -0.1) is 0 Å². The van der Waals surface area contributed by atoms with Crippen molar-refractivity contribution in [2.45, 2.75) is 45.1 Å². The van der Waals surface area contributed by atoms with Crippen molar-refractivity contribution in [3.05, 3.63) is 60.2 Å². The highest BCUT2D eigenvalue weighted by molar-refractivity contribution is 6.08. The average Bonchev–Trinajstić information content (AvgIpc) is 3.29. The molecule has 0 radical (unpaired) electrons. The van der Waals surface area contributed by atoms with Gasteiger partial charge in [0, 0.05) is 6.42 Å². The first-order valence-corrected chi connectivity index (χ1v) is 10.3. The third-order valence-corrected chi connectivity index (χ3v) is 6.25. The fraction of sp³-hybridized carbons (Fsp3) is 0.375. The van der Waals surface area contributed by atoms with Crippen molar-refractivity contribution in [2.24, 2.45) is 5.41 Å². The highest BCUT2D eigenvalue weighted by Crippen LogP contribution is 2.46. The van der Waals surface area contributed by atoms with E-state index in [1.807, 2.05) is 49.4 Å². The summed E-state index contributed by atoms with van der Waals surface area (Å²) in [4.78, 5) is 38.7. The Labute approximate surface area is 171 Å². The Hall–Kier alpha value is -2.95. The van der Waals surface area contributed by atoms with Gasteiger partial charge in [-0.1, -0.05) is 67.4 Å². The van der Waals surface area contributed by atoms with Gasteiger partial charge in [0.1, 0.15) is 6.54 Å². The van der Waals surface area contributed by atoms with Gasteiger partial charge in [-0.05, 0) is 36.5 Å². The lowest BCUT2D eigenvalue weighted by molar-refractivity contribution is -0.144. The number of amides is 3. The molecule has 2 aliphatic rings. The fourth-order valence-electron chi connectivity index (χ4n) is 4.57. The van der Waals surface area contributed by atoms with Gasteiger partial charge >= 0.3 is 0 Å². The number of benzene rings is 2. The number of hydrogen-bond donors (Lipinski definition) is 1. The van der Waals surface area contributed by atoms with Crippen LogP contribution in [-0.4, -0.2) is 29.2 Å². The van der Waals surface area contributed by atoms with E-state index in [9.17, 15) is 14.4 Å². The van der Waals surface area contributed by atoms with Crippen LogP contribution in [0.1, 0.15) is 50.6 Å². The molecule has 1 atom stereocenters. The molecule has 0 bridgehead atoms. The molecule has 5 heteroatoms. The largest absolute Gasteiger partial charge is 0.348 e. The summed E-state index contributed by atoms with van der Waals surface area (Å²) in [7, 11) is 0. The van der Waals surface area contributed by atoms with Crippen LogP contribution in [0.3, 0.4) is 0 Å². The van der Waals surface area contributed by atoms with Crippen LogP contribution in [-0.2, 0) is 14.4 Å². The van der Waals surface area contributed by atoms with Gasteiger partial charge in [0.05, 0.1) is 11.5 Å². The maximum atomic E-state index is 12.7. The van der Waals surface area contributed by atoms with Crippen molar-refractivity contribution >= 4 is 17.7 Å². The second-order valence-electron chi connectivity index (χ2n) is 8.23. The molecule has 2 aromatic carbocycles. The van der Waals surface area contributed by atoms with E-state index in [-0.39, 0.29) is 36.7 Å². The van der Waals surface area contributed by atoms with Crippen LogP contribution in [0, 0.1) is 5.41 Å². The molecule has 1 aliphatic carbocycles. The molecule has 1 saturated carbocycles. The smallest absolute Gasteiger partial charge is 0.240 e. The average molecular weight is 390 g/mol. The standard InChI is InChI=1S/C24H26N2O3/c1-17(18-9-11-20(12-10-18)19-7-3-2-4-8-19)25-21(27)16-26-22(28)15-24(23(26)29)13-5-6-14-24/h2-4,7-12,17H,5-6,13-16H2,1H3,(H,25,27)/t17-/m0/s1. The maximum absolute atomic E-state index is 12.7. The molecule has 1 heterocycles. The zero-order valence-electron chi connectivity index (χ0n) is 16.7. The summed E-state index contributed by atoms with van der Waals surface area (Å²) in [6.45, 7) is 1.72. The van der Waals surface area contributed by atoms with E-state index >= 15 is 0 Å². The van der Waals surface area contributed by atoms with Crippen molar-refractivity contribution in [3.8, 4) is 11.1 Å². The van der Waals surface area contributed by atoms with Crippen molar-refractivity contribution in [3.63, 3.8) is 0 Å². The van der Waals surface area contributed by atoms with E-state index in [1.54, 1.807) is 0 Å². The minimum Gasteiger partial charge on any atom is -0.348 e. The first kappa shape index (κ1) is 19.4. The summed E-state index contributed by atoms with van der Waals surface area (Å²) in [6.07, 6.45) is 3.75. The maximum Gasteiger partial charge on any atom is 0.240 e. The molecular weight excluding hydrogens is 364 g/mol. The summed E-state index contributed by atoms with van der Waals surface area (Å²) in [5.41, 5.74) is 2.70. The van der Waals surface area contributed by atoms with Crippen molar-refractivity contribution < 1.29 is 14.4 Å². The van der Waals surface area contributed by atoms with Crippen LogP contribution < -0.4 is 5.32 Å². The SMILES string of the molecule is C[C@H](NC(=O)CN1C(=O)CC2(CCCC2)C1=O)c1ccc(-c2ccccc2)cc1. The molecule has 0 aromatic heterocycles. The van der Waals surface area contributed by atoms with E-state index in [4.69, 9.17) is 0 Å². The third kappa shape index (κ3) is 3.82. The quantitative estimate of drug-likeness (QED) is 0.789. The Morgan fingerprint density at radius 3 is 2.28 bits per heavy atom. The molecule has 29 heavy (non-hydrogen) atoms. The van der Waals surface area contributed by atoms with Gasteiger partial charge in [0.15, 0.2) is 0 Å². The number of nitrogens with zero attached hydrogens (tertiary/aromatic N) is 1. The highest BCUT2D eigenvalue weighted by Gasteiger charge is 2.52. The second kappa shape index (κ2) is 7.82. The Morgan fingerprint density at radius 2 is 1.62 bits per heavy atom. The van der Waals surface area contributed by atoms with Crippen LogP contribution in [0.4, 0.5) is 0 Å². The lowest BCUT2D eigenvalue weighted by Crippen LogP contribution is -2.42. The van der Waals surface area contributed by atoms with Gasteiger partial charge in [0.2, 0.25) is 17.7 Å². The van der Waals surface area contributed by atoms with Gasteiger partial charge in [0.25, 0.3) is 0 Å². The number of rotatable bonds is 5. The Morgan fingerprint density at radius 1 is 1.00 bits per heavy atom. The molecule has 1 spiro atoms. The topological polar surface area (TPSA) is 66.5 Å². The van der Waals surface area contributed by atoms with Crippen LogP contribution in [0.2, 0.25) is 0 Å². The lowest BCUT2D eigenvalue weighted by atomic mass is 9.84. The van der Waals surface area contributed by atoms with Gasteiger partial charge in [-0.25, -0.2) is 0 Å². The first-order chi connectivity index (χ1) is 14.0. The number of imide groups is 1. The highest BCUT2D eigenvalue weighted by atomic mass is 16.2. The molecule has 4 rings (SSSR count). The number of carbonyl (C=O) groups excluding carboxylic acids is 3. The second-order valence-corrected chi connectivity index (χ2v) is 8.23. The minimum atomic E-state index is -0.531. The molecule has 5 nitrogen and oxygen atoms in total. The lowest BCUT2D eigenvalue weighted by Gasteiger charge is -2.21. The summed E-state index contributed by atoms with van der Waals surface area (Å²) >= 11 is 0. The monoisotopic (exact) mass is 390 g/mol. The molecule has 1 aliphatic heterocycles. The summed E-state index contributed by atoms with van der Waals surface area (Å²) in [5.74, 6) is -0.677. The van der Waals surface area contributed by atoms with Gasteiger partial charge < -0.3 is 5.32 Å². The summed E-state index contributed by atoms with van der Waals surface area (Å²) < 4.78 is 0. The van der Waals surface area contributed by atoms with Crippen molar-refractivity contribution in [2.75, 3.05) is 6.54 Å². The zero-order chi connectivity index (χ0) is 20.4. The number of likely N-dealkylation sites (tertiary alicyclic amines) is 1. The Bertz CT molecular complexity index is 915. The molecule has 1 N–H and O–H groups in total. The molecule has 1 saturated heterocycles. The molecule has 2 fully saturated rings. The van der Waals surface area contributed by atoms with E-state index in [0.717, 1.165) is 47.3 Å². The van der Waals surface area contributed by atoms with Crippen LogP contribution in [0.25, 0.3) is 11.1 Å². The van der Waals surface area contributed by atoms with Gasteiger partial charge in [-0.2, -0.15) is 0 Å². The minimum absolute atomic E-state index is 0.157. The number of hydrogen-bond acceptors (Lipinski definition) is 3. The molecule has 2 aromatic rings. The Balaban J connectivity index is 1.37. The van der Waals surface area contributed by atoms with Crippen LogP contribution in [0.15, 0.2) is 54.6 Å². The zero-order valence-corrected chi connectivity index (χ0v) is 16.7. The molecule has 150 valence electrons.